The van der Waals surface area contributed by atoms with Gasteiger partial charge in [-0.15, -0.1) is 11.6 Å². The van der Waals surface area contributed by atoms with Gasteiger partial charge in [0.05, 0.1) is 10.8 Å². The van der Waals surface area contributed by atoms with Crippen LogP contribution in [0.3, 0.4) is 0 Å². The van der Waals surface area contributed by atoms with Crippen LogP contribution in [0.2, 0.25) is 0 Å². The molecule has 15 heavy (non-hydrogen) atoms. The van der Waals surface area contributed by atoms with Crippen molar-refractivity contribution >= 4 is 39.0 Å². The predicted molar refractivity (Wildman–Crippen MR) is 57.5 cm³/mol. The van der Waals surface area contributed by atoms with Crippen LogP contribution in [0.15, 0.2) is 16.6 Å². The number of phenols is 1. The third-order valence-corrected chi connectivity index (χ3v) is 2.74. The van der Waals surface area contributed by atoms with Crippen molar-refractivity contribution < 1.29 is 14.8 Å². The number of aromatic hydroxyl groups is 1. The average molecular weight is 294 g/mol. The molecule has 0 radical (unpaired) electrons. The number of hydrogen-bond acceptors (Lipinski definition) is 4. The van der Waals surface area contributed by atoms with Gasteiger partial charge in [0.15, 0.2) is 11.5 Å². The zero-order valence-electron chi connectivity index (χ0n) is 7.24. The van der Waals surface area contributed by atoms with Crippen LogP contribution in [0.1, 0.15) is 10.4 Å². The Balaban J connectivity index is 3.41. The highest BCUT2D eigenvalue weighted by atomic mass is 79.9. The largest absolute Gasteiger partial charge is 0.502 e. The van der Waals surface area contributed by atoms with Crippen LogP contribution in [0.4, 0.5) is 5.69 Å². The van der Waals surface area contributed by atoms with Gasteiger partial charge in [-0.1, -0.05) is 0 Å². The summed E-state index contributed by atoms with van der Waals surface area (Å²) in [6.07, 6.45) is 0. The topological polar surface area (TPSA) is 80.4 Å². The van der Waals surface area contributed by atoms with Gasteiger partial charge in [0.1, 0.15) is 4.47 Å². The van der Waals surface area contributed by atoms with Crippen molar-refractivity contribution in [3.05, 3.63) is 32.3 Å². The van der Waals surface area contributed by atoms with E-state index >= 15 is 0 Å². The van der Waals surface area contributed by atoms with E-state index in [4.69, 9.17) is 11.6 Å². The van der Waals surface area contributed by atoms with Gasteiger partial charge in [-0.25, -0.2) is 0 Å². The van der Waals surface area contributed by atoms with Crippen molar-refractivity contribution in [1.82, 2.24) is 0 Å². The normalized spacial score (nSPS) is 10.0. The van der Waals surface area contributed by atoms with Gasteiger partial charge in [0.2, 0.25) is 0 Å². The fourth-order valence-electron chi connectivity index (χ4n) is 1.02. The molecule has 0 amide bonds. The highest BCUT2D eigenvalue weighted by molar-refractivity contribution is 9.10. The molecule has 0 aliphatic carbocycles. The molecule has 1 aromatic carbocycles. The Hall–Kier alpha value is -1.14. The summed E-state index contributed by atoms with van der Waals surface area (Å²) < 4.78 is -0.0573. The maximum Gasteiger partial charge on any atom is 0.325 e. The monoisotopic (exact) mass is 293 g/mol. The molecule has 0 atom stereocenters. The zero-order chi connectivity index (χ0) is 11.6. The summed E-state index contributed by atoms with van der Waals surface area (Å²) in [7, 11) is 0. The predicted octanol–water partition coefficient (Wildman–Crippen LogP) is 2.48. The van der Waals surface area contributed by atoms with E-state index in [-0.39, 0.29) is 15.9 Å². The van der Waals surface area contributed by atoms with Crippen LogP contribution in [0, 0.1) is 10.1 Å². The van der Waals surface area contributed by atoms with E-state index < -0.39 is 22.1 Å². The van der Waals surface area contributed by atoms with Crippen molar-refractivity contribution in [1.29, 1.82) is 0 Å². The van der Waals surface area contributed by atoms with E-state index in [0.29, 0.717) is 0 Å². The molecular formula is C8H5BrClNO4. The summed E-state index contributed by atoms with van der Waals surface area (Å²) in [5.41, 5.74) is -0.458. The first kappa shape index (κ1) is 11.9. The number of hydrogen-bond donors (Lipinski definition) is 1. The van der Waals surface area contributed by atoms with E-state index in [1.165, 1.54) is 6.07 Å². The number of benzene rings is 1. The molecule has 1 rings (SSSR count). The van der Waals surface area contributed by atoms with Crippen LogP contribution in [-0.4, -0.2) is 21.7 Å². The van der Waals surface area contributed by atoms with Crippen LogP contribution in [0.25, 0.3) is 0 Å². The average Bonchev–Trinajstić information content (AvgIpc) is 2.16. The highest BCUT2D eigenvalue weighted by Gasteiger charge is 2.23. The number of nitrogens with zero attached hydrogens (tertiary/aromatic N) is 1. The molecule has 0 heterocycles. The fourth-order valence-corrected chi connectivity index (χ4v) is 1.86. The smallest absolute Gasteiger partial charge is 0.325 e. The summed E-state index contributed by atoms with van der Waals surface area (Å²) in [6, 6.07) is 2.36. The summed E-state index contributed by atoms with van der Waals surface area (Å²) in [4.78, 5) is 21.1. The molecule has 80 valence electrons. The lowest BCUT2D eigenvalue weighted by Gasteiger charge is -2.03. The second-order valence-electron chi connectivity index (χ2n) is 2.61. The second-order valence-corrected chi connectivity index (χ2v) is 3.67. The van der Waals surface area contributed by atoms with E-state index in [1.54, 1.807) is 0 Å². The molecule has 0 spiro atoms. The van der Waals surface area contributed by atoms with Crippen LogP contribution >= 0.6 is 27.5 Å². The standard InChI is InChI=1S/C8H5BrClNO4/c9-7-4(6(13)3-10)1-2-5(12)8(7)11(14)15/h1-2,12H,3H2. The Labute approximate surface area is 97.9 Å². The molecule has 0 bridgehead atoms. The first-order valence-corrected chi connectivity index (χ1v) is 5.06. The number of nitro groups is 1. The maximum absolute atomic E-state index is 11.3. The number of phenolic OH excluding ortho intramolecular Hbond substituents is 1. The van der Waals surface area contributed by atoms with Crippen LogP contribution < -0.4 is 0 Å². The number of ketones is 1. The number of carbonyl (C=O) groups excluding carboxylic acids is 1. The van der Waals surface area contributed by atoms with Gasteiger partial charge in [0, 0.05) is 5.56 Å². The summed E-state index contributed by atoms with van der Waals surface area (Å²) in [5.74, 6) is -1.23. The zero-order valence-corrected chi connectivity index (χ0v) is 9.58. The Bertz CT molecular complexity index is 435. The van der Waals surface area contributed by atoms with E-state index in [9.17, 15) is 20.0 Å². The van der Waals surface area contributed by atoms with Gasteiger partial charge in [0.25, 0.3) is 0 Å². The first-order valence-electron chi connectivity index (χ1n) is 3.74. The molecule has 0 unspecified atom stereocenters. The van der Waals surface area contributed by atoms with Crippen LogP contribution in [0.5, 0.6) is 5.75 Å². The SMILES string of the molecule is O=C(CCl)c1ccc(O)c([N+](=O)[O-])c1Br. The van der Waals surface area contributed by atoms with Gasteiger partial charge in [-0.3, -0.25) is 14.9 Å². The quantitative estimate of drug-likeness (QED) is 0.402. The van der Waals surface area contributed by atoms with Crippen molar-refractivity contribution in [2.45, 2.75) is 0 Å². The number of nitro benzene ring substituents is 1. The molecule has 1 aromatic rings. The van der Waals surface area contributed by atoms with Crippen molar-refractivity contribution in [3.63, 3.8) is 0 Å². The Morgan fingerprint density at radius 3 is 2.67 bits per heavy atom. The number of rotatable bonds is 3. The van der Waals surface area contributed by atoms with Crippen molar-refractivity contribution in [2.75, 3.05) is 5.88 Å². The molecule has 0 fully saturated rings. The third-order valence-electron chi connectivity index (χ3n) is 1.70. The molecule has 5 nitrogen and oxygen atoms in total. The minimum atomic E-state index is -0.773. The lowest BCUT2D eigenvalue weighted by molar-refractivity contribution is -0.386. The van der Waals surface area contributed by atoms with E-state index in [1.807, 2.05) is 0 Å². The first-order chi connectivity index (χ1) is 6.99. The molecule has 0 saturated heterocycles. The molecule has 0 aliphatic heterocycles. The van der Waals surface area contributed by atoms with Crippen LogP contribution in [-0.2, 0) is 0 Å². The summed E-state index contributed by atoms with van der Waals surface area (Å²) >= 11 is 8.22. The molecule has 0 aromatic heterocycles. The van der Waals surface area contributed by atoms with Crippen molar-refractivity contribution in [2.24, 2.45) is 0 Å². The van der Waals surface area contributed by atoms with Gasteiger partial charge in [-0.05, 0) is 28.1 Å². The molecule has 7 heteroatoms. The number of carbonyl (C=O) groups is 1. The Morgan fingerprint density at radius 2 is 2.20 bits per heavy atom. The third kappa shape index (κ3) is 2.27. The van der Waals surface area contributed by atoms with Gasteiger partial charge >= 0.3 is 5.69 Å². The highest BCUT2D eigenvalue weighted by Crippen LogP contribution is 2.36. The fraction of sp³-hybridized carbons (Fsp3) is 0.125. The molecule has 0 saturated carbocycles. The molecule has 0 aliphatic rings. The maximum atomic E-state index is 11.3. The Kier molecular flexibility index (Phi) is 3.65. The van der Waals surface area contributed by atoms with E-state index in [0.717, 1.165) is 6.07 Å². The number of halogens is 2. The molecule has 1 N–H and O–H groups in total. The van der Waals surface area contributed by atoms with Gasteiger partial charge in [-0.2, -0.15) is 0 Å². The minimum Gasteiger partial charge on any atom is -0.502 e. The number of alkyl halides is 1. The second kappa shape index (κ2) is 4.59. The number of Topliss-reactive ketones (excluding diaryl/α,β-unsaturated/α-hetero) is 1. The van der Waals surface area contributed by atoms with Crippen molar-refractivity contribution in [3.8, 4) is 5.75 Å². The molecular weight excluding hydrogens is 289 g/mol. The van der Waals surface area contributed by atoms with E-state index in [2.05, 4.69) is 15.9 Å². The lowest BCUT2D eigenvalue weighted by atomic mass is 10.1. The summed E-state index contributed by atoms with van der Waals surface area (Å²) in [6.45, 7) is 0. The Morgan fingerprint density at radius 1 is 1.60 bits per heavy atom. The summed E-state index contributed by atoms with van der Waals surface area (Å²) in [5, 5.41) is 19.8. The lowest BCUT2D eigenvalue weighted by Crippen LogP contribution is -2.03. The van der Waals surface area contributed by atoms with Gasteiger partial charge < -0.3 is 5.11 Å². The minimum absolute atomic E-state index is 0.0573.